The average molecular weight is 328 g/mol. The van der Waals surface area contributed by atoms with E-state index in [1.165, 1.54) is 4.88 Å². The SMILES string of the molecule is CN(Cc1ccc(Br)s1)C(=O)CCc1ccco1. The fourth-order valence-corrected chi connectivity index (χ4v) is 3.17. The minimum atomic E-state index is 0.135. The van der Waals surface area contributed by atoms with E-state index in [9.17, 15) is 4.79 Å². The maximum absolute atomic E-state index is 11.9. The first-order chi connectivity index (χ1) is 8.65. The highest BCUT2D eigenvalue weighted by atomic mass is 79.9. The van der Waals surface area contributed by atoms with Crippen LogP contribution in [0.25, 0.3) is 0 Å². The van der Waals surface area contributed by atoms with Gasteiger partial charge < -0.3 is 9.32 Å². The molecular weight excluding hydrogens is 314 g/mol. The summed E-state index contributed by atoms with van der Waals surface area (Å²) in [5.74, 6) is 0.992. The van der Waals surface area contributed by atoms with Gasteiger partial charge in [-0.25, -0.2) is 0 Å². The molecule has 0 unspecified atom stereocenters. The smallest absolute Gasteiger partial charge is 0.223 e. The first-order valence-corrected chi connectivity index (χ1v) is 7.26. The molecule has 0 aliphatic heterocycles. The summed E-state index contributed by atoms with van der Waals surface area (Å²) in [6.45, 7) is 0.660. The van der Waals surface area contributed by atoms with Gasteiger partial charge in [0.2, 0.25) is 5.91 Å². The molecule has 18 heavy (non-hydrogen) atoms. The van der Waals surface area contributed by atoms with E-state index in [4.69, 9.17) is 4.42 Å². The van der Waals surface area contributed by atoms with Gasteiger partial charge in [0.1, 0.15) is 5.76 Å². The number of amides is 1. The zero-order valence-corrected chi connectivity index (χ0v) is 12.5. The highest BCUT2D eigenvalue weighted by molar-refractivity contribution is 9.11. The Labute approximate surface area is 119 Å². The predicted octanol–water partition coefficient (Wildman–Crippen LogP) is 3.69. The maximum atomic E-state index is 11.9. The molecule has 2 rings (SSSR count). The second-order valence-corrected chi connectivity index (χ2v) is 6.58. The van der Waals surface area contributed by atoms with E-state index in [-0.39, 0.29) is 5.91 Å². The second kappa shape index (κ2) is 6.20. The van der Waals surface area contributed by atoms with Crippen LogP contribution in [0.4, 0.5) is 0 Å². The number of aryl methyl sites for hydroxylation is 1. The topological polar surface area (TPSA) is 33.5 Å². The van der Waals surface area contributed by atoms with Gasteiger partial charge in [-0.3, -0.25) is 4.79 Å². The van der Waals surface area contributed by atoms with Crippen LogP contribution in [0.5, 0.6) is 0 Å². The number of halogens is 1. The van der Waals surface area contributed by atoms with Gasteiger partial charge >= 0.3 is 0 Å². The molecule has 3 nitrogen and oxygen atoms in total. The molecule has 0 aliphatic carbocycles. The van der Waals surface area contributed by atoms with Crippen LogP contribution in [-0.4, -0.2) is 17.9 Å². The monoisotopic (exact) mass is 327 g/mol. The van der Waals surface area contributed by atoms with Crippen molar-refractivity contribution in [1.82, 2.24) is 4.90 Å². The standard InChI is InChI=1S/C13H14BrNO2S/c1-15(9-11-5-6-12(14)18-11)13(16)7-4-10-3-2-8-17-10/h2-3,5-6,8H,4,7,9H2,1H3. The highest BCUT2D eigenvalue weighted by Gasteiger charge is 2.11. The van der Waals surface area contributed by atoms with Gasteiger partial charge in [-0.2, -0.15) is 0 Å². The van der Waals surface area contributed by atoms with E-state index in [0.29, 0.717) is 19.4 Å². The number of nitrogens with zero attached hydrogens (tertiary/aromatic N) is 1. The van der Waals surface area contributed by atoms with Gasteiger partial charge in [-0.1, -0.05) is 0 Å². The van der Waals surface area contributed by atoms with E-state index in [2.05, 4.69) is 15.9 Å². The van der Waals surface area contributed by atoms with Gasteiger partial charge in [0.05, 0.1) is 16.6 Å². The van der Waals surface area contributed by atoms with Crippen molar-refractivity contribution in [1.29, 1.82) is 0 Å². The van der Waals surface area contributed by atoms with Crippen LogP contribution < -0.4 is 0 Å². The molecule has 0 radical (unpaired) electrons. The molecule has 0 aliphatic rings. The van der Waals surface area contributed by atoms with Crippen LogP contribution in [-0.2, 0) is 17.8 Å². The lowest BCUT2D eigenvalue weighted by molar-refractivity contribution is -0.130. The molecule has 0 N–H and O–H groups in total. The maximum Gasteiger partial charge on any atom is 0.223 e. The van der Waals surface area contributed by atoms with Gasteiger partial charge in [-0.05, 0) is 40.2 Å². The zero-order valence-electron chi connectivity index (χ0n) is 10.1. The molecule has 5 heteroatoms. The third kappa shape index (κ3) is 3.71. The van der Waals surface area contributed by atoms with Crippen LogP contribution in [0.2, 0.25) is 0 Å². The van der Waals surface area contributed by atoms with Crippen LogP contribution in [0, 0.1) is 0 Å². The van der Waals surface area contributed by atoms with E-state index >= 15 is 0 Å². The van der Waals surface area contributed by atoms with Crippen LogP contribution >= 0.6 is 27.3 Å². The molecule has 96 valence electrons. The minimum Gasteiger partial charge on any atom is -0.469 e. The molecule has 0 spiro atoms. The van der Waals surface area contributed by atoms with Gasteiger partial charge in [0.25, 0.3) is 0 Å². The van der Waals surface area contributed by atoms with Crippen molar-refractivity contribution in [3.63, 3.8) is 0 Å². The van der Waals surface area contributed by atoms with Gasteiger partial charge in [0.15, 0.2) is 0 Å². The summed E-state index contributed by atoms with van der Waals surface area (Å²) < 4.78 is 6.30. The molecular formula is C13H14BrNO2S. The minimum absolute atomic E-state index is 0.135. The molecule has 0 saturated carbocycles. The van der Waals surface area contributed by atoms with Gasteiger partial charge in [-0.15, -0.1) is 11.3 Å². The Kier molecular flexibility index (Phi) is 4.60. The van der Waals surface area contributed by atoms with Crippen LogP contribution in [0.3, 0.4) is 0 Å². The Bertz CT molecular complexity index is 507. The van der Waals surface area contributed by atoms with Crippen molar-refractivity contribution < 1.29 is 9.21 Å². The molecule has 0 saturated heterocycles. The lowest BCUT2D eigenvalue weighted by atomic mass is 10.2. The summed E-state index contributed by atoms with van der Waals surface area (Å²) in [6.07, 6.45) is 2.77. The third-order valence-electron chi connectivity index (χ3n) is 2.61. The summed E-state index contributed by atoms with van der Waals surface area (Å²) >= 11 is 5.07. The summed E-state index contributed by atoms with van der Waals surface area (Å²) in [6, 6.07) is 7.77. The van der Waals surface area contributed by atoms with Crippen molar-refractivity contribution in [3.8, 4) is 0 Å². The highest BCUT2D eigenvalue weighted by Crippen LogP contribution is 2.23. The van der Waals surface area contributed by atoms with Crippen molar-refractivity contribution >= 4 is 33.2 Å². The summed E-state index contributed by atoms with van der Waals surface area (Å²) in [5.41, 5.74) is 0. The fraction of sp³-hybridized carbons (Fsp3) is 0.308. The van der Waals surface area contributed by atoms with Gasteiger partial charge in [0, 0.05) is 24.8 Å². The number of thiophene rings is 1. The lowest BCUT2D eigenvalue weighted by Crippen LogP contribution is -2.25. The number of hydrogen-bond donors (Lipinski definition) is 0. The summed E-state index contributed by atoms with van der Waals surface area (Å²) in [4.78, 5) is 14.9. The molecule has 0 aromatic carbocycles. The van der Waals surface area contributed by atoms with E-state index in [0.717, 1.165) is 9.55 Å². The Hall–Kier alpha value is -1.07. The Morgan fingerprint density at radius 2 is 2.28 bits per heavy atom. The number of furan rings is 1. The molecule has 0 fully saturated rings. The number of hydrogen-bond acceptors (Lipinski definition) is 3. The van der Waals surface area contributed by atoms with E-state index in [1.54, 1.807) is 22.5 Å². The second-order valence-electron chi connectivity index (χ2n) is 4.03. The normalized spacial score (nSPS) is 10.6. The summed E-state index contributed by atoms with van der Waals surface area (Å²) in [7, 11) is 1.83. The lowest BCUT2D eigenvalue weighted by Gasteiger charge is -2.15. The molecule has 2 heterocycles. The quantitative estimate of drug-likeness (QED) is 0.839. The number of carbonyl (C=O) groups excluding carboxylic acids is 1. The Balaban J connectivity index is 1.81. The molecule has 1 amide bonds. The fourth-order valence-electron chi connectivity index (χ4n) is 1.63. The van der Waals surface area contributed by atoms with Crippen molar-refractivity contribution in [2.45, 2.75) is 19.4 Å². The average Bonchev–Trinajstić information content (AvgIpc) is 2.97. The molecule has 0 bridgehead atoms. The zero-order chi connectivity index (χ0) is 13.0. The summed E-state index contributed by atoms with van der Waals surface area (Å²) in [5, 5.41) is 0. The van der Waals surface area contributed by atoms with Crippen LogP contribution in [0.15, 0.2) is 38.7 Å². The van der Waals surface area contributed by atoms with Crippen molar-refractivity contribution in [3.05, 3.63) is 45.0 Å². The first kappa shape index (κ1) is 13.4. The number of carbonyl (C=O) groups is 1. The van der Waals surface area contributed by atoms with Crippen LogP contribution in [0.1, 0.15) is 17.1 Å². The van der Waals surface area contributed by atoms with E-state index in [1.807, 2.05) is 31.3 Å². The third-order valence-corrected chi connectivity index (χ3v) is 4.22. The van der Waals surface area contributed by atoms with Crippen molar-refractivity contribution in [2.75, 3.05) is 7.05 Å². The largest absolute Gasteiger partial charge is 0.469 e. The molecule has 2 aromatic rings. The molecule has 0 atom stereocenters. The molecule has 2 aromatic heterocycles. The first-order valence-electron chi connectivity index (χ1n) is 5.65. The number of rotatable bonds is 5. The predicted molar refractivity (Wildman–Crippen MR) is 75.5 cm³/mol. The van der Waals surface area contributed by atoms with E-state index < -0.39 is 0 Å². The Morgan fingerprint density at radius 3 is 2.89 bits per heavy atom. The Morgan fingerprint density at radius 1 is 1.44 bits per heavy atom. The van der Waals surface area contributed by atoms with Crippen molar-refractivity contribution in [2.24, 2.45) is 0 Å².